The maximum absolute atomic E-state index is 6.02. The molecule has 0 N–H and O–H groups in total. The Hall–Kier alpha value is -0.560. The largest absolute Gasteiger partial charge is 0.378 e. The first-order chi connectivity index (χ1) is 12.3. The molecule has 2 fully saturated rings. The highest BCUT2D eigenvalue weighted by molar-refractivity contribution is 4.81. The van der Waals surface area contributed by atoms with Crippen molar-refractivity contribution in [2.24, 2.45) is 17.8 Å². The van der Waals surface area contributed by atoms with Crippen LogP contribution in [0.4, 0.5) is 0 Å². The third kappa shape index (κ3) is 8.58. The molecule has 0 unspecified atom stereocenters. The molecule has 25 heavy (non-hydrogen) atoms. The molecule has 0 aromatic heterocycles. The van der Waals surface area contributed by atoms with Gasteiger partial charge in [-0.2, -0.15) is 0 Å². The molecule has 0 radical (unpaired) electrons. The summed E-state index contributed by atoms with van der Waals surface area (Å²) in [6.07, 6.45) is 27.6. The second-order valence-corrected chi connectivity index (χ2v) is 8.48. The van der Waals surface area contributed by atoms with Crippen LogP contribution in [0.25, 0.3) is 0 Å². The lowest BCUT2D eigenvalue weighted by Gasteiger charge is -2.32. The van der Waals surface area contributed by atoms with E-state index < -0.39 is 0 Å². The number of rotatable bonds is 10. The van der Waals surface area contributed by atoms with Gasteiger partial charge in [0, 0.05) is 0 Å². The van der Waals surface area contributed by atoms with E-state index in [9.17, 15) is 0 Å². The molecule has 0 atom stereocenters. The van der Waals surface area contributed by atoms with Gasteiger partial charge >= 0.3 is 0 Å². The molecule has 0 bridgehead atoms. The van der Waals surface area contributed by atoms with Crippen LogP contribution in [-0.2, 0) is 4.74 Å². The predicted octanol–water partition coefficient (Wildman–Crippen LogP) is 7.47. The fraction of sp³-hybridized carbons (Fsp3) is 0.833. The Kier molecular flexibility index (Phi) is 10.6. The van der Waals surface area contributed by atoms with Gasteiger partial charge in [-0.3, -0.25) is 0 Å². The van der Waals surface area contributed by atoms with E-state index >= 15 is 0 Å². The Balaban J connectivity index is 1.50. The van der Waals surface area contributed by atoms with E-state index in [1.807, 2.05) is 0 Å². The first-order valence-electron chi connectivity index (χ1n) is 11.2. The summed E-state index contributed by atoms with van der Waals surface area (Å²) in [5.74, 6) is 3.04. The number of hydrogen-bond acceptors (Lipinski definition) is 1. The van der Waals surface area contributed by atoms with Crippen molar-refractivity contribution in [2.45, 2.75) is 103 Å². The fourth-order valence-corrected chi connectivity index (χ4v) is 4.84. The topological polar surface area (TPSA) is 9.23 Å². The Morgan fingerprint density at radius 3 is 1.68 bits per heavy atom. The highest BCUT2D eigenvalue weighted by Crippen LogP contribution is 2.37. The minimum atomic E-state index is 0.550. The van der Waals surface area contributed by atoms with E-state index in [-0.39, 0.29) is 0 Å². The molecule has 0 aromatic carbocycles. The minimum Gasteiger partial charge on any atom is -0.378 e. The van der Waals surface area contributed by atoms with E-state index in [2.05, 4.69) is 38.2 Å². The summed E-state index contributed by atoms with van der Waals surface area (Å²) in [6.45, 7) is 5.14. The standard InChI is InChI=1S/C24H42O/c1-3-5-7-9-21-10-12-22(13-11-21)14-15-23-16-18-24(19-17-23)25-20-8-6-4-2/h3-6,21-24H,7-20H2,1-2H3. The number of ether oxygens (including phenoxy) is 1. The van der Waals surface area contributed by atoms with Gasteiger partial charge in [0.05, 0.1) is 12.7 Å². The molecule has 0 aliphatic heterocycles. The molecular weight excluding hydrogens is 304 g/mol. The van der Waals surface area contributed by atoms with E-state index in [1.165, 1.54) is 77.0 Å². The average molecular weight is 347 g/mol. The van der Waals surface area contributed by atoms with Crippen LogP contribution < -0.4 is 0 Å². The van der Waals surface area contributed by atoms with E-state index in [4.69, 9.17) is 4.74 Å². The summed E-state index contributed by atoms with van der Waals surface area (Å²) in [6, 6.07) is 0. The van der Waals surface area contributed by atoms with Gasteiger partial charge in [-0.25, -0.2) is 0 Å². The summed E-state index contributed by atoms with van der Waals surface area (Å²) < 4.78 is 6.02. The number of hydrogen-bond donors (Lipinski definition) is 0. The maximum Gasteiger partial charge on any atom is 0.0575 e. The van der Waals surface area contributed by atoms with E-state index in [1.54, 1.807) is 0 Å². The molecule has 0 heterocycles. The second-order valence-electron chi connectivity index (χ2n) is 8.48. The molecule has 0 spiro atoms. The van der Waals surface area contributed by atoms with Gasteiger partial charge in [0.1, 0.15) is 0 Å². The Morgan fingerprint density at radius 1 is 0.640 bits per heavy atom. The first-order valence-corrected chi connectivity index (χ1v) is 11.2. The fourth-order valence-electron chi connectivity index (χ4n) is 4.84. The quantitative estimate of drug-likeness (QED) is 0.294. The summed E-state index contributed by atoms with van der Waals surface area (Å²) in [5.41, 5.74) is 0. The van der Waals surface area contributed by atoms with Crippen LogP contribution in [-0.4, -0.2) is 12.7 Å². The molecule has 0 saturated heterocycles. The molecule has 2 saturated carbocycles. The van der Waals surface area contributed by atoms with Crippen molar-refractivity contribution in [1.82, 2.24) is 0 Å². The van der Waals surface area contributed by atoms with Crippen LogP contribution in [0.15, 0.2) is 24.3 Å². The first kappa shape index (κ1) is 20.7. The van der Waals surface area contributed by atoms with Crippen molar-refractivity contribution in [3.63, 3.8) is 0 Å². The normalized spacial score (nSPS) is 31.1. The van der Waals surface area contributed by atoms with Gasteiger partial charge in [0.25, 0.3) is 0 Å². The molecule has 1 heteroatoms. The predicted molar refractivity (Wildman–Crippen MR) is 110 cm³/mol. The van der Waals surface area contributed by atoms with Crippen molar-refractivity contribution in [3.8, 4) is 0 Å². The lowest BCUT2D eigenvalue weighted by molar-refractivity contribution is 0.0188. The minimum absolute atomic E-state index is 0.550. The lowest BCUT2D eigenvalue weighted by atomic mass is 9.76. The summed E-state index contributed by atoms with van der Waals surface area (Å²) >= 11 is 0. The molecule has 0 aromatic rings. The van der Waals surface area contributed by atoms with Crippen LogP contribution in [0.3, 0.4) is 0 Å². The van der Waals surface area contributed by atoms with E-state index in [0.717, 1.165) is 30.8 Å². The van der Waals surface area contributed by atoms with Gasteiger partial charge in [-0.15, -0.1) is 0 Å². The van der Waals surface area contributed by atoms with Crippen LogP contribution in [0, 0.1) is 17.8 Å². The smallest absolute Gasteiger partial charge is 0.0575 e. The van der Waals surface area contributed by atoms with Gasteiger partial charge in [-0.05, 0) is 76.5 Å². The molecule has 144 valence electrons. The maximum atomic E-state index is 6.02. The zero-order valence-corrected chi connectivity index (χ0v) is 16.9. The Bertz CT molecular complexity index is 368. The van der Waals surface area contributed by atoms with Crippen molar-refractivity contribution in [1.29, 1.82) is 0 Å². The van der Waals surface area contributed by atoms with Crippen molar-refractivity contribution < 1.29 is 4.74 Å². The van der Waals surface area contributed by atoms with Gasteiger partial charge in [0.2, 0.25) is 0 Å². The third-order valence-corrected chi connectivity index (χ3v) is 6.59. The SMILES string of the molecule is CC=CCCOC1CCC(CCC2CCC(CCC=CC)CC2)CC1. The molecule has 0 amide bonds. The monoisotopic (exact) mass is 346 g/mol. The zero-order chi connectivity index (χ0) is 17.7. The molecule has 2 rings (SSSR count). The molecule has 2 aliphatic rings. The van der Waals surface area contributed by atoms with Crippen molar-refractivity contribution in [2.75, 3.05) is 6.61 Å². The summed E-state index contributed by atoms with van der Waals surface area (Å²) in [7, 11) is 0. The molecule has 1 nitrogen and oxygen atoms in total. The highest BCUT2D eigenvalue weighted by atomic mass is 16.5. The van der Waals surface area contributed by atoms with Gasteiger partial charge in [0.15, 0.2) is 0 Å². The third-order valence-electron chi connectivity index (χ3n) is 6.59. The Labute approximate surface area is 157 Å². The van der Waals surface area contributed by atoms with Gasteiger partial charge < -0.3 is 4.74 Å². The zero-order valence-electron chi connectivity index (χ0n) is 16.9. The summed E-state index contributed by atoms with van der Waals surface area (Å²) in [4.78, 5) is 0. The number of allylic oxidation sites excluding steroid dienone is 3. The highest BCUT2D eigenvalue weighted by Gasteiger charge is 2.24. The van der Waals surface area contributed by atoms with Crippen LogP contribution in [0.1, 0.15) is 97.3 Å². The van der Waals surface area contributed by atoms with Crippen molar-refractivity contribution >= 4 is 0 Å². The van der Waals surface area contributed by atoms with Crippen LogP contribution in [0.5, 0.6) is 0 Å². The molecule has 2 aliphatic carbocycles. The van der Waals surface area contributed by atoms with Crippen LogP contribution in [0.2, 0.25) is 0 Å². The van der Waals surface area contributed by atoms with Crippen molar-refractivity contribution in [3.05, 3.63) is 24.3 Å². The lowest BCUT2D eigenvalue weighted by Crippen LogP contribution is -2.23. The molecular formula is C24H42O. The van der Waals surface area contributed by atoms with E-state index in [0.29, 0.717) is 6.10 Å². The Morgan fingerprint density at radius 2 is 1.12 bits per heavy atom. The average Bonchev–Trinajstić information content (AvgIpc) is 2.66. The van der Waals surface area contributed by atoms with Gasteiger partial charge in [-0.1, -0.05) is 62.8 Å². The second kappa shape index (κ2) is 12.7. The van der Waals surface area contributed by atoms with Crippen LogP contribution >= 0.6 is 0 Å². The summed E-state index contributed by atoms with van der Waals surface area (Å²) in [5, 5.41) is 0.